The summed E-state index contributed by atoms with van der Waals surface area (Å²) in [4.78, 5) is 24.0. The van der Waals surface area contributed by atoms with Crippen LogP contribution in [0.25, 0.3) is 22.4 Å². The van der Waals surface area contributed by atoms with Crippen LogP contribution in [0.2, 0.25) is 5.02 Å². The topological polar surface area (TPSA) is 102 Å². The number of ether oxygens (including phenoxy) is 1. The fourth-order valence-corrected chi connectivity index (χ4v) is 4.59. The molecule has 1 heterocycles. The van der Waals surface area contributed by atoms with Gasteiger partial charge in [0.2, 0.25) is 0 Å². The summed E-state index contributed by atoms with van der Waals surface area (Å²) in [6.45, 7) is 1.89. The van der Waals surface area contributed by atoms with Crippen molar-refractivity contribution in [3.63, 3.8) is 0 Å². The Hall–Kier alpha value is -4.10. The van der Waals surface area contributed by atoms with Crippen molar-refractivity contribution in [1.82, 2.24) is 5.16 Å². The molecule has 5 rings (SSSR count). The van der Waals surface area contributed by atoms with Gasteiger partial charge in [0.05, 0.1) is 12.0 Å². The number of nitrogens with one attached hydrogen (secondary N) is 1. The number of carbonyl (C=O) groups is 2. The van der Waals surface area contributed by atoms with E-state index < -0.39 is 17.5 Å². The number of aryl methyl sites for hydroxylation is 1. The lowest BCUT2D eigenvalue weighted by Gasteiger charge is -2.11. The molecule has 1 amide bonds. The number of carboxylic acids is 1. The summed E-state index contributed by atoms with van der Waals surface area (Å²) in [7, 11) is 0. The van der Waals surface area contributed by atoms with Crippen molar-refractivity contribution in [2.45, 2.75) is 31.6 Å². The number of aromatic nitrogens is 1. The molecule has 0 bridgehead atoms. The van der Waals surface area contributed by atoms with E-state index >= 15 is 0 Å². The van der Waals surface area contributed by atoms with Crippen LogP contribution in [0.3, 0.4) is 0 Å². The van der Waals surface area contributed by atoms with Gasteiger partial charge in [-0.05, 0) is 48.1 Å². The smallest absolute Gasteiger partial charge is 0.411 e. The van der Waals surface area contributed by atoms with Gasteiger partial charge in [0.25, 0.3) is 0 Å². The zero-order valence-corrected chi connectivity index (χ0v) is 20.9. The standard InChI is InChI=1S/C29H25ClN2O5/c1-18-25(31-28(35)36-17-14-21-4-2-3-5-24(21)30)26(32-37-18)22-8-6-19(7-9-22)20-10-12-23(13-11-20)29(15-16-29)27(33)34/h2-13H,14-17H2,1H3,(H,31,35)(H,33,34). The summed E-state index contributed by atoms with van der Waals surface area (Å²) in [6.07, 6.45) is 1.26. The molecule has 0 saturated heterocycles. The van der Waals surface area contributed by atoms with Crippen LogP contribution in [-0.2, 0) is 21.4 Å². The number of nitrogens with zero attached hydrogens (tertiary/aromatic N) is 1. The molecule has 1 aliphatic rings. The van der Waals surface area contributed by atoms with Crippen LogP contribution in [0.4, 0.5) is 10.5 Å². The minimum Gasteiger partial charge on any atom is -0.481 e. The highest BCUT2D eigenvalue weighted by Crippen LogP contribution is 2.48. The van der Waals surface area contributed by atoms with Crippen LogP contribution in [0, 0.1) is 6.92 Å². The van der Waals surface area contributed by atoms with Crippen LogP contribution in [-0.4, -0.2) is 28.9 Å². The maximum absolute atomic E-state index is 12.4. The average molecular weight is 517 g/mol. The van der Waals surface area contributed by atoms with Gasteiger partial charge in [-0.2, -0.15) is 0 Å². The molecule has 8 heteroatoms. The molecule has 1 fully saturated rings. The molecule has 4 aromatic rings. The maximum Gasteiger partial charge on any atom is 0.411 e. The number of hydrogen-bond donors (Lipinski definition) is 2. The molecular formula is C29H25ClN2O5. The first-order valence-electron chi connectivity index (χ1n) is 12.0. The van der Waals surface area contributed by atoms with E-state index in [4.69, 9.17) is 20.9 Å². The fraction of sp³-hybridized carbons (Fsp3) is 0.207. The number of carbonyl (C=O) groups excluding carboxylic acids is 1. The van der Waals surface area contributed by atoms with Crippen molar-refractivity contribution in [3.05, 3.63) is 94.7 Å². The van der Waals surface area contributed by atoms with Gasteiger partial charge in [-0.1, -0.05) is 83.5 Å². The lowest BCUT2D eigenvalue weighted by Crippen LogP contribution is -2.19. The largest absolute Gasteiger partial charge is 0.481 e. The zero-order chi connectivity index (χ0) is 26.0. The zero-order valence-electron chi connectivity index (χ0n) is 20.2. The molecule has 2 N–H and O–H groups in total. The molecule has 0 atom stereocenters. The highest BCUT2D eigenvalue weighted by atomic mass is 35.5. The second kappa shape index (κ2) is 10.1. The summed E-state index contributed by atoms with van der Waals surface area (Å²) in [5.41, 5.74) is 4.70. The summed E-state index contributed by atoms with van der Waals surface area (Å²) >= 11 is 6.15. The van der Waals surface area contributed by atoms with E-state index in [-0.39, 0.29) is 6.61 Å². The predicted octanol–water partition coefficient (Wildman–Crippen LogP) is 6.88. The first-order valence-corrected chi connectivity index (χ1v) is 12.3. The van der Waals surface area contributed by atoms with Gasteiger partial charge in [0.1, 0.15) is 11.4 Å². The lowest BCUT2D eigenvalue weighted by atomic mass is 9.93. The molecule has 188 valence electrons. The van der Waals surface area contributed by atoms with Crippen molar-refractivity contribution in [3.8, 4) is 22.4 Å². The first kappa shape index (κ1) is 24.6. The summed E-state index contributed by atoms with van der Waals surface area (Å²) < 4.78 is 10.7. The van der Waals surface area contributed by atoms with Gasteiger partial charge >= 0.3 is 12.1 Å². The van der Waals surface area contributed by atoms with Crippen molar-refractivity contribution >= 4 is 29.4 Å². The number of hydrogen-bond acceptors (Lipinski definition) is 5. The third kappa shape index (κ3) is 5.08. The summed E-state index contributed by atoms with van der Waals surface area (Å²) in [5.74, 6) is -0.299. The number of carboxylic acid groups (broad SMARTS) is 1. The molecular weight excluding hydrogens is 492 g/mol. The SMILES string of the molecule is Cc1onc(-c2ccc(-c3ccc(C4(C(=O)O)CC4)cc3)cc2)c1NC(=O)OCCc1ccccc1Cl. The van der Waals surface area contributed by atoms with Crippen molar-refractivity contribution in [1.29, 1.82) is 0 Å². The highest BCUT2D eigenvalue weighted by Gasteiger charge is 2.51. The average Bonchev–Trinajstić information content (AvgIpc) is 3.65. The second-order valence-electron chi connectivity index (χ2n) is 9.11. The molecule has 7 nitrogen and oxygen atoms in total. The van der Waals surface area contributed by atoms with Crippen LogP contribution in [0.5, 0.6) is 0 Å². The number of halogens is 1. The van der Waals surface area contributed by atoms with E-state index in [9.17, 15) is 14.7 Å². The molecule has 0 aliphatic heterocycles. The van der Waals surface area contributed by atoms with E-state index in [0.717, 1.165) is 27.8 Å². The van der Waals surface area contributed by atoms with Gasteiger partial charge in [-0.3, -0.25) is 10.1 Å². The van der Waals surface area contributed by atoms with Gasteiger partial charge in [0, 0.05) is 17.0 Å². The molecule has 0 unspecified atom stereocenters. The Morgan fingerprint density at radius 2 is 1.62 bits per heavy atom. The Balaban J connectivity index is 1.25. The van der Waals surface area contributed by atoms with Crippen LogP contribution >= 0.6 is 11.6 Å². The quantitative estimate of drug-likeness (QED) is 0.265. The van der Waals surface area contributed by atoms with E-state index in [1.165, 1.54) is 0 Å². The molecule has 0 radical (unpaired) electrons. The van der Waals surface area contributed by atoms with Crippen LogP contribution in [0.15, 0.2) is 77.3 Å². The number of rotatable bonds is 8. The Bertz CT molecular complexity index is 1440. The Morgan fingerprint density at radius 3 is 2.24 bits per heavy atom. The van der Waals surface area contributed by atoms with Gasteiger partial charge in [-0.15, -0.1) is 0 Å². The third-order valence-corrected chi connectivity index (χ3v) is 7.11. The van der Waals surface area contributed by atoms with Crippen molar-refractivity contribution in [2.75, 3.05) is 11.9 Å². The fourth-order valence-electron chi connectivity index (χ4n) is 4.36. The minimum atomic E-state index is -0.763. The van der Waals surface area contributed by atoms with Crippen molar-refractivity contribution < 1.29 is 24.0 Å². The lowest BCUT2D eigenvalue weighted by molar-refractivity contribution is -0.140. The van der Waals surface area contributed by atoms with Gasteiger partial charge in [-0.25, -0.2) is 4.79 Å². The van der Waals surface area contributed by atoms with E-state index in [0.29, 0.717) is 41.4 Å². The number of aliphatic carboxylic acids is 1. The third-order valence-electron chi connectivity index (χ3n) is 6.74. The number of benzene rings is 3. The molecule has 1 aliphatic carbocycles. The van der Waals surface area contributed by atoms with Gasteiger partial charge < -0.3 is 14.4 Å². The van der Waals surface area contributed by atoms with Crippen LogP contribution in [0.1, 0.15) is 29.7 Å². The molecule has 0 spiro atoms. The highest BCUT2D eigenvalue weighted by molar-refractivity contribution is 6.31. The van der Waals surface area contributed by atoms with E-state index in [1.54, 1.807) is 13.0 Å². The van der Waals surface area contributed by atoms with Gasteiger partial charge in [0.15, 0.2) is 5.76 Å². The number of amides is 1. The molecule has 3 aromatic carbocycles. The second-order valence-corrected chi connectivity index (χ2v) is 9.51. The first-order chi connectivity index (χ1) is 17.9. The predicted molar refractivity (Wildman–Crippen MR) is 141 cm³/mol. The van der Waals surface area contributed by atoms with Crippen molar-refractivity contribution in [2.24, 2.45) is 0 Å². The van der Waals surface area contributed by atoms with E-state index in [1.807, 2.05) is 66.7 Å². The molecule has 37 heavy (non-hydrogen) atoms. The Kier molecular flexibility index (Phi) is 6.72. The minimum absolute atomic E-state index is 0.177. The van der Waals surface area contributed by atoms with Crippen LogP contribution < -0.4 is 5.32 Å². The number of anilines is 1. The molecule has 1 aromatic heterocycles. The molecule has 1 saturated carbocycles. The maximum atomic E-state index is 12.4. The normalized spacial score (nSPS) is 13.7. The monoisotopic (exact) mass is 516 g/mol. The Morgan fingerprint density at radius 1 is 1.00 bits per heavy atom. The summed E-state index contributed by atoms with van der Waals surface area (Å²) in [5, 5.41) is 17.0. The summed E-state index contributed by atoms with van der Waals surface area (Å²) in [6, 6.07) is 22.8. The Labute approximate surface area is 219 Å². The van der Waals surface area contributed by atoms with E-state index in [2.05, 4.69) is 10.5 Å².